The van der Waals surface area contributed by atoms with Crippen LogP contribution in [0.1, 0.15) is 38.7 Å². The molecule has 2 aromatic carbocycles. The molecule has 1 heterocycles. The van der Waals surface area contributed by atoms with Gasteiger partial charge in [0, 0.05) is 31.0 Å². The highest BCUT2D eigenvalue weighted by atomic mass is 16.6. The Labute approximate surface area is 170 Å². The molecule has 0 spiro atoms. The quantitative estimate of drug-likeness (QED) is 0.549. The molecular formula is C22H26N2O5. The van der Waals surface area contributed by atoms with Crippen molar-refractivity contribution in [2.24, 2.45) is 0 Å². The Morgan fingerprint density at radius 2 is 1.79 bits per heavy atom. The van der Waals surface area contributed by atoms with Gasteiger partial charge in [-0.15, -0.1) is 0 Å². The molecule has 29 heavy (non-hydrogen) atoms. The van der Waals surface area contributed by atoms with Gasteiger partial charge >= 0.3 is 0 Å². The van der Waals surface area contributed by atoms with Gasteiger partial charge in [0.1, 0.15) is 5.75 Å². The van der Waals surface area contributed by atoms with Gasteiger partial charge in [0.2, 0.25) is 5.91 Å². The predicted octanol–water partition coefficient (Wildman–Crippen LogP) is 4.46. The second-order valence-electron chi connectivity index (χ2n) is 7.31. The van der Waals surface area contributed by atoms with Crippen molar-refractivity contribution in [3.63, 3.8) is 0 Å². The van der Waals surface area contributed by atoms with E-state index in [1.165, 1.54) is 12.1 Å². The molecular weight excluding hydrogens is 372 g/mol. The first-order chi connectivity index (χ1) is 13.9. The van der Waals surface area contributed by atoms with Crippen molar-refractivity contribution < 1.29 is 19.2 Å². The lowest BCUT2D eigenvalue weighted by atomic mass is 9.73. The number of nitro benzene ring substituents is 1. The first-order valence-corrected chi connectivity index (χ1v) is 9.85. The summed E-state index contributed by atoms with van der Waals surface area (Å²) in [6.45, 7) is 5.00. The van der Waals surface area contributed by atoms with E-state index in [0.717, 1.165) is 17.7 Å². The zero-order valence-corrected chi connectivity index (χ0v) is 16.7. The molecule has 7 nitrogen and oxygen atoms in total. The Hall–Kier alpha value is -2.93. The van der Waals surface area contributed by atoms with Gasteiger partial charge in [-0.1, -0.05) is 19.1 Å². The Morgan fingerprint density at radius 3 is 2.34 bits per heavy atom. The highest BCUT2D eigenvalue weighted by Gasteiger charge is 2.42. The summed E-state index contributed by atoms with van der Waals surface area (Å²) in [5.41, 5.74) is 0.674. The highest BCUT2D eigenvalue weighted by molar-refractivity contribution is 5.99. The number of nitrogens with one attached hydrogen (secondary N) is 1. The monoisotopic (exact) mass is 398 g/mol. The van der Waals surface area contributed by atoms with Crippen molar-refractivity contribution in [3.8, 4) is 5.75 Å². The van der Waals surface area contributed by atoms with E-state index in [0.29, 0.717) is 31.7 Å². The van der Waals surface area contributed by atoms with Gasteiger partial charge in [-0.25, -0.2) is 0 Å². The van der Waals surface area contributed by atoms with Crippen LogP contribution < -0.4 is 10.1 Å². The molecule has 2 aromatic rings. The number of anilines is 1. The summed E-state index contributed by atoms with van der Waals surface area (Å²) in [4.78, 5) is 23.8. The molecule has 154 valence electrons. The molecule has 1 saturated heterocycles. The number of nitro groups is 1. The molecule has 0 aromatic heterocycles. The summed E-state index contributed by atoms with van der Waals surface area (Å²) in [6, 6.07) is 13.5. The number of ether oxygens (including phenoxy) is 2. The van der Waals surface area contributed by atoms with E-state index in [1.54, 1.807) is 12.1 Å². The average molecular weight is 398 g/mol. The number of benzene rings is 2. The number of nitrogens with zero attached hydrogens (tertiary/aromatic N) is 1. The second kappa shape index (κ2) is 9.05. The van der Waals surface area contributed by atoms with Gasteiger partial charge in [0.25, 0.3) is 5.69 Å². The van der Waals surface area contributed by atoms with E-state index in [2.05, 4.69) is 12.2 Å². The topological polar surface area (TPSA) is 90.7 Å². The molecule has 0 aliphatic carbocycles. The van der Waals surface area contributed by atoms with Crippen LogP contribution in [0.3, 0.4) is 0 Å². The third-order valence-electron chi connectivity index (χ3n) is 5.44. The van der Waals surface area contributed by atoms with Gasteiger partial charge in [0.05, 0.1) is 16.4 Å². The van der Waals surface area contributed by atoms with Crippen LogP contribution >= 0.6 is 0 Å². The number of hydrogen-bond donors (Lipinski definition) is 1. The number of carbonyl (C=O) groups excluding carboxylic acids is 1. The number of amides is 1. The van der Waals surface area contributed by atoms with E-state index in [9.17, 15) is 14.9 Å². The zero-order valence-electron chi connectivity index (χ0n) is 16.7. The normalized spacial score (nSPS) is 16.6. The minimum absolute atomic E-state index is 0.00765. The molecule has 0 saturated carbocycles. The first-order valence-electron chi connectivity index (χ1n) is 9.85. The molecule has 1 aliphatic rings. The maximum Gasteiger partial charge on any atom is 0.269 e. The van der Waals surface area contributed by atoms with Crippen LogP contribution in [0, 0.1) is 10.1 Å². The lowest BCUT2D eigenvalue weighted by Crippen LogP contribution is -2.44. The smallest absolute Gasteiger partial charge is 0.269 e. The Morgan fingerprint density at radius 1 is 1.17 bits per heavy atom. The fourth-order valence-electron chi connectivity index (χ4n) is 3.45. The van der Waals surface area contributed by atoms with Gasteiger partial charge < -0.3 is 14.8 Å². The Bertz CT molecular complexity index is 843. The predicted molar refractivity (Wildman–Crippen MR) is 110 cm³/mol. The number of hydrogen-bond acceptors (Lipinski definition) is 5. The molecule has 1 unspecified atom stereocenters. The number of carbonyl (C=O) groups is 1. The Kier molecular flexibility index (Phi) is 6.49. The van der Waals surface area contributed by atoms with Crippen LogP contribution in [0.4, 0.5) is 11.4 Å². The average Bonchev–Trinajstić information content (AvgIpc) is 2.75. The fourth-order valence-corrected chi connectivity index (χ4v) is 3.45. The standard InChI is InChI=1S/C22H26N2O5/c1-3-16(2)29-20-10-6-18(7-11-20)23-21(25)22(12-14-28-15-13-22)17-4-8-19(9-5-17)24(26)27/h4-11,16H,3,12-15H2,1-2H3,(H,23,25). The molecule has 0 bridgehead atoms. The molecule has 3 rings (SSSR count). The SMILES string of the molecule is CCC(C)Oc1ccc(NC(=O)C2(c3ccc([N+](=O)[O-])cc3)CCOCC2)cc1. The van der Waals surface area contributed by atoms with Crippen LogP contribution in [0.5, 0.6) is 5.75 Å². The van der Waals surface area contributed by atoms with E-state index in [1.807, 2.05) is 31.2 Å². The van der Waals surface area contributed by atoms with E-state index in [-0.39, 0.29) is 17.7 Å². The van der Waals surface area contributed by atoms with Gasteiger partial charge in [0.15, 0.2) is 0 Å². The molecule has 1 aliphatic heterocycles. The van der Waals surface area contributed by atoms with Crippen LogP contribution in [0.15, 0.2) is 48.5 Å². The minimum atomic E-state index is -0.778. The largest absolute Gasteiger partial charge is 0.491 e. The third kappa shape index (κ3) is 4.74. The molecule has 1 fully saturated rings. The van der Waals surface area contributed by atoms with Crippen molar-refractivity contribution in [1.82, 2.24) is 0 Å². The Balaban J connectivity index is 1.80. The summed E-state index contributed by atoms with van der Waals surface area (Å²) < 4.78 is 11.2. The van der Waals surface area contributed by atoms with Crippen molar-refractivity contribution in [1.29, 1.82) is 0 Å². The summed E-state index contributed by atoms with van der Waals surface area (Å²) in [6.07, 6.45) is 2.08. The van der Waals surface area contributed by atoms with Crippen molar-refractivity contribution in [3.05, 3.63) is 64.2 Å². The van der Waals surface area contributed by atoms with Crippen LogP contribution in [-0.4, -0.2) is 30.1 Å². The van der Waals surface area contributed by atoms with Crippen molar-refractivity contribution in [2.45, 2.75) is 44.6 Å². The van der Waals surface area contributed by atoms with Crippen molar-refractivity contribution >= 4 is 17.3 Å². The van der Waals surface area contributed by atoms with Gasteiger partial charge in [-0.2, -0.15) is 0 Å². The lowest BCUT2D eigenvalue weighted by Gasteiger charge is -2.36. The first kappa shape index (κ1) is 20.8. The fraction of sp³-hybridized carbons (Fsp3) is 0.409. The van der Waals surface area contributed by atoms with Crippen LogP contribution in [0.25, 0.3) is 0 Å². The maximum atomic E-state index is 13.3. The summed E-state index contributed by atoms with van der Waals surface area (Å²) in [7, 11) is 0. The van der Waals surface area contributed by atoms with E-state index >= 15 is 0 Å². The summed E-state index contributed by atoms with van der Waals surface area (Å²) in [5.74, 6) is 0.624. The summed E-state index contributed by atoms with van der Waals surface area (Å²) >= 11 is 0. The van der Waals surface area contributed by atoms with E-state index < -0.39 is 10.3 Å². The molecule has 0 radical (unpaired) electrons. The third-order valence-corrected chi connectivity index (χ3v) is 5.44. The van der Waals surface area contributed by atoms with Crippen molar-refractivity contribution in [2.75, 3.05) is 18.5 Å². The van der Waals surface area contributed by atoms with Crippen LogP contribution in [0.2, 0.25) is 0 Å². The molecule has 1 N–H and O–H groups in total. The van der Waals surface area contributed by atoms with Gasteiger partial charge in [-0.05, 0) is 56.0 Å². The lowest BCUT2D eigenvalue weighted by molar-refractivity contribution is -0.384. The minimum Gasteiger partial charge on any atom is -0.491 e. The molecule has 1 atom stereocenters. The number of non-ortho nitro benzene ring substituents is 1. The molecule has 7 heteroatoms. The highest BCUT2D eigenvalue weighted by Crippen LogP contribution is 2.37. The summed E-state index contributed by atoms with van der Waals surface area (Å²) in [5, 5.41) is 14.0. The molecule has 1 amide bonds. The number of rotatable bonds is 7. The van der Waals surface area contributed by atoms with Crippen LogP contribution in [-0.2, 0) is 14.9 Å². The zero-order chi connectivity index (χ0) is 20.9. The van der Waals surface area contributed by atoms with E-state index in [4.69, 9.17) is 9.47 Å². The second-order valence-corrected chi connectivity index (χ2v) is 7.31. The maximum absolute atomic E-state index is 13.3. The van der Waals surface area contributed by atoms with Gasteiger partial charge in [-0.3, -0.25) is 14.9 Å².